The van der Waals surface area contributed by atoms with Gasteiger partial charge in [0.15, 0.2) is 0 Å². The van der Waals surface area contributed by atoms with E-state index in [4.69, 9.17) is 4.42 Å². The first-order valence-electron chi connectivity index (χ1n) is 12.2. The molecule has 6 heteroatoms. The third-order valence-corrected chi connectivity index (χ3v) is 7.21. The van der Waals surface area contributed by atoms with Crippen molar-refractivity contribution in [2.24, 2.45) is 0 Å². The van der Waals surface area contributed by atoms with E-state index in [2.05, 4.69) is 10.3 Å². The molecule has 182 valence electrons. The van der Waals surface area contributed by atoms with E-state index in [1.165, 1.54) is 0 Å². The second-order valence-corrected chi connectivity index (χ2v) is 9.37. The molecule has 1 aliphatic carbocycles. The number of aromatic nitrogens is 1. The SMILES string of the molecule is O=C(O)NC1(c2ccc(-c3c(-c4ccccc4)oc4c(-c5cccnc5)cccc4c3=O)cc2)CCC1. The van der Waals surface area contributed by atoms with Crippen molar-refractivity contribution in [3.63, 3.8) is 0 Å². The summed E-state index contributed by atoms with van der Waals surface area (Å²) in [6.45, 7) is 0. The average molecular weight is 489 g/mol. The molecule has 1 saturated carbocycles. The first-order chi connectivity index (χ1) is 18.1. The normalized spacial score (nSPS) is 14.2. The smallest absolute Gasteiger partial charge is 0.405 e. The van der Waals surface area contributed by atoms with Gasteiger partial charge in [0.1, 0.15) is 11.3 Å². The Morgan fingerprint density at radius 3 is 2.27 bits per heavy atom. The first-order valence-corrected chi connectivity index (χ1v) is 12.2. The zero-order valence-electron chi connectivity index (χ0n) is 20.0. The van der Waals surface area contributed by atoms with Crippen molar-refractivity contribution in [1.82, 2.24) is 10.3 Å². The number of para-hydroxylation sites is 1. The number of carboxylic acid groups (broad SMARTS) is 1. The van der Waals surface area contributed by atoms with Crippen LogP contribution in [0.1, 0.15) is 24.8 Å². The van der Waals surface area contributed by atoms with Gasteiger partial charge in [0.05, 0.1) is 16.5 Å². The van der Waals surface area contributed by atoms with Gasteiger partial charge in [-0.2, -0.15) is 0 Å². The van der Waals surface area contributed by atoms with Gasteiger partial charge >= 0.3 is 6.09 Å². The molecule has 0 radical (unpaired) electrons. The van der Waals surface area contributed by atoms with Gasteiger partial charge in [0, 0.05) is 29.1 Å². The summed E-state index contributed by atoms with van der Waals surface area (Å²) < 4.78 is 6.56. The molecule has 2 N–H and O–H groups in total. The van der Waals surface area contributed by atoms with Crippen molar-refractivity contribution >= 4 is 17.1 Å². The summed E-state index contributed by atoms with van der Waals surface area (Å²) in [5.74, 6) is 0.490. The highest BCUT2D eigenvalue weighted by Crippen LogP contribution is 2.42. The maximum atomic E-state index is 14.0. The van der Waals surface area contributed by atoms with Gasteiger partial charge in [0.2, 0.25) is 5.43 Å². The van der Waals surface area contributed by atoms with Crippen molar-refractivity contribution in [2.45, 2.75) is 24.8 Å². The molecule has 0 saturated heterocycles. The van der Waals surface area contributed by atoms with Crippen molar-refractivity contribution < 1.29 is 14.3 Å². The zero-order chi connectivity index (χ0) is 25.4. The monoisotopic (exact) mass is 488 g/mol. The second-order valence-electron chi connectivity index (χ2n) is 9.37. The number of hydrogen-bond acceptors (Lipinski definition) is 4. The standard InChI is InChI=1S/C31H24N2O4/c34-27-25-11-4-10-24(22-9-5-18-32-19-22)29(25)37-28(21-7-2-1-3-8-21)26(27)20-12-14-23(15-13-20)31(16-6-17-31)33-30(35)36/h1-5,7-15,18-19,33H,6,16-17H2,(H,35,36). The molecule has 0 spiro atoms. The molecular formula is C31H24N2O4. The summed E-state index contributed by atoms with van der Waals surface area (Å²) in [5.41, 5.74) is 4.37. The molecule has 0 aliphatic heterocycles. The lowest BCUT2D eigenvalue weighted by Crippen LogP contribution is -2.50. The van der Waals surface area contributed by atoms with Crippen LogP contribution in [0.15, 0.2) is 107 Å². The molecule has 1 amide bonds. The number of amides is 1. The minimum atomic E-state index is -1.03. The quantitative estimate of drug-likeness (QED) is 0.283. The van der Waals surface area contributed by atoms with Crippen LogP contribution in [0.2, 0.25) is 0 Å². The lowest BCUT2D eigenvalue weighted by Gasteiger charge is -2.42. The van der Waals surface area contributed by atoms with Gasteiger partial charge in [-0.25, -0.2) is 4.79 Å². The predicted molar refractivity (Wildman–Crippen MR) is 143 cm³/mol. The van der Waals surface area contributed by atoms with Crippen LogP contribution < -0.4 is 10.7 Å². The van der Waals surface area contributed by atoms with Gasteiger partial charge in [-0.1, -0.05) is 72.8 Å². The molecule has 2 aromatic heterocycles. The number of nitrogens with one attached hydrogen (secondary N) is 1. The summed E-state index contributed by atoms with van der Waals surface area (Å²) in [4.78, 5) is 29.7. The van der Waals surface area contributed by atoms with E-state index in [1.54, 1.807) is 18.5 Å². The summed E-state index contributed by atoms with van der Waals surface area (Å²) in [6, 6.07) is 26.6. The third-order valence-electron chi connectivity index (χ3n) is 7.21. The molecule has 6 nitrogen and oxygen atoms in total. The highest BCUT2D eigenvalue weighted by atomic mass is 16.4. The predicted octanol–water partition coefficient (Wildman–Crippen LogP) is 6.84. The number of benzene rings is 3. The van der Waals surface area contributed by atoms with E-state index in [0.29, 0.717) is 22.3 Å². The van der Waals surface area contributed by atoms with Crippen LogP contribution in [0.4, 0.5) is 4.79 Å². The number of pyridine rings is 1. The molecule has 3 aromatic carbocycles. The van der Waals surface area contributed by atoms with E-state index in [-0.39, 0.29) is 5.43 Å². The largest absolute Gasteiger partial charge is 0.465 e. The van der Waals surface area contributed by atoms with Crippen molar-refractivity contribution in [3.05, 3.63) is 113 Å². The van der Waals surface area contributed by atoms with Crippen molar-refractivity contribution in [3.8, 4) is 33.6 Å². The first kappa shape index (κ1) is 22.7. The molecule has 37 heavy (non-hydrogen) atoms. The number of hydrogen-bond donors (Lipinski definition) is 2. The Hall–Kier alpha value is -4.71. The van der Waals surface area contributed by atoms with Crippen LogP contribution in [0, 0.1) is 0 Å². The molecule has 0 unspecified atom stereocenters. The molecule has 1 fully saturated rings. The Kier molecular flexibility index (Phi) is 5.57. The number of fused-ring (bicyclic) bond motifs is 1. The van der Waals surface area contributed by atoms with Crippen LogP contribution in [0.5, 0.6) is 0 Å². The fourth-order valence-corrected chi connectivity index (χ4v) is 5.20. The van der Waals surface area contributed by atoms with Crippen LogP contribution in [0.25, 0.3) is 44.5 Å². The highest BCUT2D eigenvalue weighted by Gasteiger charge is 2.40. The molecule has 0 bridgehead atoms. The van der Waals surface area contributed by atoms with Crippen LogP contribution in [-0.4, -0.2) is 16.2 Å². The Labute approximate surface area is 213 Å². The zero-order valence-corrected chi connectivity index (χ0v) is 20.0. The number of rotatable bonds is 5. The van der Waals surface area contributed by atoms with Gasteiger partial charge in [0.25, 0.3) is 0 Å². The van der Waals surface area contributed by atoms with Crippen molar-refractivity contribution in [1.29, 1.82) is 0 Å². The highest BCUT2D eigenvalue weighted by molar-refractivity contribution is 5.96. The summed E-state index contributed by atoms with van der Waals surface area (Å²) in [5, 5.41) is 12.5. The molecule has 0 atom stereocenters. The molecule has 1 aliphatic rings. The number of carbonyl (C=O) groups is 1. The minimum absolute atomic E-state index is 0.124. The van der Waals surface area contributed by atoms with Gasteiger partial charge < -0.3 is 14.8 Å². The number of nitrogens with zero attached hydrogens (tertiary/aromatic N) is 1. The fraction of sp³-hybridized carbons (Fsp3) is 0.129. The van der Waals surface area contributed by atoms with Gasteiger partial charge in [-0.15, -0.1) is 0 Å². The second kappa shape index (κ2) is 9.06. The van der Waals surface area contributed by atoms with Crippen LogP contribution >= 0.6 is 0 Å². The van der Waals surface area contributed by atoms with E-state index < -0.39 is 11.6 Å². The molecule has 6 rings (SSSR count). The molecule has 2 heterocycles. The van der Waals surface area contributed by atoms with E-state index in [1.807, 2.05) is 78.9 Å². The van der Waals surface area contributed by atoms with E-state index in [9.17, 15) is 14.7 Å². The van der Waals surface area contributed by atoms with E-state index in [0.717, 1.165) is 47.1 Å². The maximum Gasteiger partial charge on any atom is 0.405 e. The Morgan fingerprint density at radius 1 is 0.865 bits per heavy atom. The topological polar surface area (TPSA) is 92.4 Å². The summed E-state index contributed by atoms with van der Waals surface area (Å²) in [6.07, 6.45) is 4.90. The van der Waals surface area contributed by atoms with Gasteiger partial charge in [-0.05, 0) is 42.5 Å². The van der Waals surface area contributed by atoms with E-state index >= 15 is 0 Å². The molecule has 5 aromatic rings. The Bertz CT molecular complexity index is 1660. The van der Waals surface area contributed by atoms with Crippen LogP contribution in [-0.2, 0) is 5.54 Å². The maximum absolute atomic E-state index is 14.0. The third kappa shape index (κ3) is 3.96. The Morgan fingerprint density at radius 2 is 1.62 bits per heavy atom. The van der Waals surface area contributed by atoms with Crippen molar-refractivity contribution in [2.75, 3.05) is 0 Å². The van der Waals surface area contributed by atoms with Crippen LogP contribution in [0.3, 0.4) is 0 Å². The summed E-state index contributed by atoms with van der Waals surface area (Å²) in [7, 11) is 0. The lowest BCUT2D eigenvalue weighted by atomic mass is 9.71. The average Bonchev–Trinajstić information content (AvgIpc) is 2.91. The minimum Gasteiger partial charge on any atom is -0.465 e. The molecular weight excluding hydrogens is 464 g/mol. The Balaban J connectivity index is 1.56. The lowest BCUT2D eigenvalue weighted by molar-refractivity contribution is 0.144. The fourth-order valence-electron chi connectivity index (χ4n) is 5.20. The summed E-state index contributed by atoms with van der Waals surface area (Å²) >= 11 is 0. The van der Waals surface area contributed by atoms with Gasteiger partial charge in [-0.3, -0.25) is 9.78 Å².